The summed E-state index contributed by atoms with van der Waals surface area (Å²) in [7, 11) is -4.03. The number of hydrogen-bond donors (Lipinski definition) is 0. The van der Waals surface area contributed by atoms with E-state index in [1.165, 1.54) is 47.4 Å². The second-order valence-corrected chi connectivity index (χ2v) is 11.7. The molecule has 0 aromatic heterocycles. The van der Waals surface area contributed by atoms with Crippen LogP contribution in [-0.4, -0.2) is 38.2 Å². The average molecular weight is 507 g/mol. The van der Waals surface area contributed by atoms with Gasteiger partial charge in [-0.25, -0.2) is 12.8 Å². The Morgan fingerprint density at radius 3 is 2.31 bits per heavy atom. The number of sulfone groups is 1. The van der Waals surface area contributed by atoms with Gasteiger partial charge in [0.2, 0.25) is 9.84 Å². The predicted molar refractivity (Wildman–Crippen MR) is 134 cm³/mol. The van der Waals surface area contributed by atoms with E-state index in [2.05, 4.69) is 13.8 Å². The van der Waals surface area contributed by atoms with Gasteiger partial charge in [0.15, 0.2) is 0 Å². The number of anilines is 1. The number of halogens is 1. The van der Waals surface area contributed by atoms with Crippen LogP contribution >= 0.6 is 0 Å². The molecule has 0 bridgehead atoms. The molecule has 186 valence electrons. The molecular weight excluding hydrogens is 479 g/mol. The van der Waals surface area contributed by atoms with E-state index in [1.807, 2.05) is 0 Å². The molecule has 0 N–H and O–H groups in total. The third kappa shape index (κ3) is 4.30. The third-order valence-electron chi connectivity index (χ3n) is 6.85. The standard InChI is InChI=1S/C28H27FN2O4S/c1-18-13-19(2)16-30(15-18)27(32)21-9-12-26-24(14-21)31(17-20-7-10-22(29)11-8-20)28(33)23-5-3-4-6-25(23)36(26,34)35/h3-12,14,18-19H,13,15-17H2,1-2H3/t18-,19-/m1/s1. The lowest BCUT2D eigenvalue weighted by Gasteiger charge is -2.35. The maximum Gasteiger partial charge on any atom is 0.259 e. The van der Waals surface area contributed by atoms with Crippen LogP contribution in [0.2, 0.25) is 0 Å². The van der Waals surface area contributed by atoms with E-state index in [9.17, 15) is 22.4 Å². The molecule has 1 saturated heterocycles. The molecular formula is C28H27FN2O4S. The highest BCUT2D eigenvalue weighted by molar-refractivity contribution is 7.91. The fraction of sp³-hybridized carbons (Fsp3) is 0.286. The zero-order valence-corrected chi connectivity index (χ0v) is 21.0. The second kappa shape index (κ2) is 9.17. The molecule has 3 aromatic rings. The van der Waals surface area contributed by atoms with Crippen LogP contribution in [0.1, 0.15) is 46.5 Å². The molecule has 6 nitrogen and oxygen atoms in total. The van der Waals surface area contributed by atoms with Gasteiger partial charge in [-0.15, -0.1) is 0 Å². The van der Waals surface area contributed by atoms with Crippen molar-refractivity contribution in [3.8, 4) is 0 Å². The van der Waals surface area contributed by atoms with Gasteiger partial charge in [0.05, 0.1) is 27.6 Å². The number of amides is 2. The summed E-state index contributed by atoms with van der Waals surface area (Å²) in [6.07, 6.45) is 1.05. The Kier molecular flexibility index (Phi) is 6.16. The van der Waals surface area contributed by atoms with E-state index in [-0.39, 0.29) is 33.5 Å². The number of benzene rings is 3. The van der Waals surface area contributed by atoms with E-state index in [0.717, 1.165) is 6.42 Å². The molecule has 0 unspecified atom stereocenters. The quantitative estimate of drug-likeness (QED) is 0.505. The molecule has 5 rings (SSSR count). The molecule has 2 aliphatic rings. The highest BCUT2D eigenvalue weighted by atomic mass is 32.2. The monoisotopic (exact) mass is 506 g/mol. The first-order valence-corrected chi connectivity index (χ1v) is 13.5. The SMILES string of the molecule is C[C@@H]1C[C@@H](C)CN(C(=O)c2ccc3c(c2)N(Cc2ccc(F)cc2)C(=O)c2ccccc2S3(=O)=O)C1. The summed E-state index contributed by atoms with van der Waals surface area (Å²) in [6, 6.07) is 16.2. The maximum atomic E-state index is 13.7. The van der Waals surface area contributed by atoms with Crippen LogP contribution in [0, 0.1) is 17.7 Å². The van der Waals surface area contributed by atoms with Crippen LogP contribution in [0.4, 0.5) is 10.1 Å². The van der Waals surface area contributed by atoms with Gasteiger partial charge in [0.1, 0.15) is 5.82 Å². The number of nitrogens with zero attached hydrogens (tertiary/aromatic N) is 2. The molecule has 36 heavy (non-hydrogen) atoms. The summed E-state index contributed by atoms with van der Waals surface area (Å²) in [5.41, 5.74) is 1.16. The summed E-state index contributed by atoms with van der Waals surface area (Å²) in [5.74, 6) is -0.367. The van der Waals surface area contributed by atoms with Crippen molar-refractivity contribution in [3.05, 3.63) is 89.2 Å². The van der Waals surface area contributed by atoms with Crippen LogP contribution in [-0.2, 0) is 16.4 Å². The lowest BCUT2D eigenvalue weighted by Crippen LogP contribution is -2.42. The maximum absolute atomic E-state index is 13.7. The summed E-state index contributed by atoms with van der Waals surface area (Å²) in [4.78, 5) is 30.2. The van der Waals surface area contributed by atoms with Gasteiger partial charge in [-0.1, -0.05) is 38.1 Å². The Hall–Kier alpha value is -3.52. The molecule has 0 aliphatic carbocycles. The normalized spacial score (nSPS) is 20.9. The molecule has 3 aromatic carbocycles. The summed E-state index contributed by atoms with van der Waals surface area (Å²) in [6.45, 7) is 5.50. The van der Waals surface area contributed by atoms with Crippen LogP contribution in [0.15, 0.2) is 76.5 Å². The molecule has 2 heterocycles. The van der Waals surface area contributed by atoms with Crippen molar-refractivity contribution in [3.63, 3.8) is 0 Å². The zero-order valence-electron chi connectivity index (χ0n) is 20.1. The molecule has 8 heteroatoms. The minimum absolute atomic E-state index is 0.0192. The van der Waals surface area contributed by atoms with Gasteiger partial charge < -0.3 is 9.80 Å². The van der Waals surface area contributed by atoms with E-state index in [0.29, 0.717) is 36.1 Å². The number of carbonyl (C=O) groups is 2. The Bertz CT molecular complexity index is 1440. The smallest absolute Gasteiger partial charge is 0.259 e. The fourth-order valence-electron chi connectivity index (χ4n) is 5.28. The number of fused-ring (bicyclic) bond motifs is 2. The highest BCUT2D eigenvalue weighted by Gasteiger charge is 2.36. The van der Waals surface area contributed by atoms with E-state index in [1.54, 1.807) is 29.2 Å². The number of rotatable bonds is 3. The first kappa shape index (κ1) is 24.2. The van der Waals surface area contributed by atoms with Gasteiger partial charge in [0, 0.05) is 18.7 Å². The van der Waals surface area contributed by atoms with Crippen molar-refractivity contribution in [2.24, 2.45) is 11.8 Å². The molecule has 1 fully saturated rings. The minimum Gasteiger partial charge on any atom is -0.338 e. The van der Waals surface area contributed by atoms with Crippen LogP contribution in [0.3, 0.4) is 0 Å². The Morgan fingerprint density at radius 1 is 0.944 bits per heavy atom. The van der Waals surface area contributed by atoms with Crippen LogP contribution < -0.4 is 4.90 Å². The largest absolute Gasteiger partial charge is 0.338 e. The number of hydrogen-bond acceptors (Lipinski definition) is 4. The Balaban J connectivity index is 1.64. The van der Waals surface area contributed by atoms with Gasteiger partial charge in [0.25, 0.3) is 11.8 Å². The van der Waals surface area contributed by atoms with Crippen LogP contribution in [0.5, 0.6) is 0 Å². The van der Waals surface area contributed by atoms with Crippen molar-refractivity contribution in [1.82, 2.24) is 4.90 Å². The first-order chi connectivity index (χ1) is 17.1. The predicted octanol–water partition coefficient (Wildman–Crippen LogP) is 4.94. The second-order valence-electron chi connectivity index (χ2n) is 9.86. The summed E-state index contributed by atoms with van der Waals surface area (Å²) < 4.78 is 40.8. The molecule has 2 amide bonds. The van der Waals surface area contributed by atoms with Crippen molar-refractivity contribution >= 4 is 27.3 Å². The number of carbonyl (C=O) groups excluding carboxylic acids is 2. The van der Waals surface area contributed by atoms with Gasteiger partial charge in [-0.2, -0.15) is 0 Å². The topological polar surface area (TPSA) is 74.8 Å². The van der Waals surface area contributed by atoms with Crippen molar-refractivity contribution < 1.29 is 22.4 Å². The molecule has 0 radical (unpaired) electrons. The van der Waals surface area contributed by atoms with Crippen molar-refractivity contribution in [2.45, 2.75) is 36.6 Å². The van der Waals surface area contributed by atoms with Gasteiger partial charge >= 0.3 is 0 Å². The summed E-state index contributed by atoms with van der Waals surface area (Å²) in [5, 5.41) is 0. The lowest BCUT2D eigenvalue weighted by molar-refractivity contribution is 0.0623. The first-order valence-electron chi connectivity index (χ1n) is 12.0. The van der Waals surface area contributed by atoms with E-state index in [4.69, 9.17) is 0 Å². The average Bonchev–Trinajstić information content (AvgIpc) is 2.92. The Labute approximate surface area is 210 Å². The highest BCUT2D eigenvalue weighted by Crippen LogP contribution is 2.38. The van der Waals surface area contributed by atoms with E-state index >= 15 is 0 Å². The fourth-order valence-corrected chi connectivity index (χ4v) is 6.91. The zero-order chi connectivity index (χ0) is 25.6. The van der Waals surface area contributed by atoms with Gasteiger partial charge in [-0.3, -0.25) is 9.59 Å². The summed E-state index contributed by atoms with van der Waals surface area (Å²) >= 11 is 0. The van der Waals surface area contributed by atoms with E-state index < -0.39 is 21.6 Å². The lowest BCUT2D eigenvalue weighted by atomic mass is 9.91. The Morgan fingerprint density at radius 2 is 1.61 bits per heavy atom. The van der Waals surface area contributed by atoms with Crippen molar-refractivity contribution in [1.29, 1.82) is 0 Å². The molecule has 0 saturated carbocycles. The molecule has 0 spiro atoms. The number of piperidine rings is 1. The molecule has 2 atom stereocenters. The molecule has 2 aliphatic heterocycles. The van der Waals surface area contributed by atoms with Crippen molar-refractivity contribution in [2.75, 3.05) is 18.0 Å². The number of likely N-dealkylation sites (tertiary alicyclic amines) is 1. The van der Waals surface area contributed by atoms with Gasteiger partial charge in [-0.05, 0) is 66.3 Å². The minimum atomic E-state index is -4.03. The van der Waals surface area contributed by atoms with Crippen LogP contribution in [0.25, 0.3) is 0 Å². The third-order valence-corrected chi connectivity index (χ3v) is 8.71.